The Morgan fingerprint density at radius 2 is 2.04 bits per heavy atom. The van der Waals surface area contributed by atoms with E-state index in [-0.39, 0.29) is 0 Å². The number of unbranched alkanes of at least 4 members (excludes halogenated alkanes) is 2. The number of hydrogen-bond acceptors (Lipinski definition) is 4. The highest BCUT2D eigenvalue weighted by molar-refractivity contribution is 7.10. The summed E-state index contributed by atoms with van der Waals surface area (Å²) in [5.74, 6) is 0.792. The van der Waals surface area contributed by atoms with Crippen LogP contribution in [0.2, 0.25) is 0 Å². The third-order valence-corrected chi connectivity index (χ3v) is 5.96. The molecular weight excluding hydrogens is 344 g/mol. The second-order valence-electron chi connectivity index (χ2n) is 7.34. The monoisotopic (exact) mass is 380 g/mol. The van der Waals surface area contributed by atoms with Gasteiger partial charge in [0.05, 0.1) is 6.54 Å². The van der Waals surface area contributed by atoms with Crippen LogP contribution in [0.15, 0.2) is 22.5 Å². The summed E-state index contributed by atoms with van der Waals surface area (Å²) in [7, 11) is 0. The Bertz CT molecular complexity index is 510. The summed E-state index contributed by atoms with van der Waals surface area (Å²) in [4.78, 5) is 8.14. The van der Waals surface area contributed by atoms with Gasteiger partial charge in [0.2, 0.25) is 0 Å². The largest absolute Gasteiger partial charge is 0.383 e. The molecule has 1 atom stereocenters. The van der Waals surface area contributed by atoms with E-state index in [1.807, 2.05) is 24.4 Å². The number of aliphatic imine (C=N–C) groups is 1. The molecule has 0 bridgehead atoms. The molecule has 1 saturated heterocycles. The number of aliphatic hydroxyl groups is 1. The number of nitrogens with one attached hydrogen (secondary N) is 2. The molecule has 0 spiro atoms. The highest BCUT2D eigenvalue weighted by Gasteiger charge is 2.23. The van der Waals surface area contributed by atoms with Gasteiger partial charge in [0.1, 0.15) is 5.60 Å². The van der Waals surface area contributed by atoms with Crippen LogP contribution in [0.3, 0.4) is 0 Å². The number of guanidine groups is 1. The summed E-state index contributed by atoms with van der Waals surface area (Å²) in [5, 5.41) is 19.2. The van der Waals surface area contributed by atoms with Crippen LogP contribution in [0.5, 0.6) is 0 Å². The van der Waals surface area contributed by atoms with E-state index >= 15 is 0 Å². The number of thiophene rings is 1. The standard InChI is InChI=1S/C20H36N4OS/c1-3-21-19(23-17-20(2,25)18-11-10-16-26-18)22-12-6-4-7-13-24-14-8-5-9-15-24/h10-11,16,25H,3-9,12-15,17H2,1-2H3,(H2,21,22,23). The topological polar surface area (TPSA) is 59.9 Å². The Morgan fingerprint density at radius 3 is 2.73 bits per heavy atom. The quantitative estimate of drug-likeness (QED) is 0.331. The molecule has 1 aliphatic heterocycles. The molecule has 2 rings (SSSR count). The molecule has 148 valence electrons. The van der Waals surface area contributed by atoms with Gasteiger partial charge in [-0.1, -0.05) is 18.9 Å². The van der Waals surface area contributed by atoms with Crippen LogP contribution in [0.1, 0.15) is 57.2 Å². The first-order valence-corrected chi connectivity index (χ1v) is 11.0. The minimum Gasteiger partial charge on any atom is -0.383 e. The van der Waals surface area contributed by atoms with Gasteiger partial charge in [-0.15, -0.1) is 11.3 Å². The number of hydrogen-bond donors (Lipinski definition) is 3. The molecule has 1 fully saturated rings. The lowest BCUT2D eigenvalue weighted by Crippen LogP contribution is -2.39. The van der Waals surface area contributed by atoms with Crippen LogP contribution in [0, 0.1) is 0 Å². The lowest BCUT2D eigenvalue weighted by Gasteiger charge is -2.26. The fraction of sp³-hybridized carbons (Fsp3) is 0.750. The third-order valence-electron chi connectivity index (χ3n) is 4.83. The van der Waals surface area contributed by atoms with Crippen LogP contribution in [-0.2, 0) is 5.60 Å². The molecule has 6 heteroatoms. The summed E-state index contributed by atoms with van der Waals surface area (Å²) < 4.78 is 0. The Labute approximate surface area is 162 Å². The fourth-order valence-corrected chi connectivity index (χ4v) is 4.04. The van der Waals surface area contributed by atoms with E-state index < -0.39 is 5.60 Å². The van der Waals surface area contributed by atoms with Gasteiger partial charge in [0.15, 0.2) is 5.96 Å². The lowest BCUT2D eigenvalue weighted by atomic mass is 10.1. The molecule has 1 aliphatic rings. The molecule has 1 aromatic rings. The van der Waals surface area contributed by atoms with Gasteiger partial charge in [-0.05, 0) is 70.6 Å². The molecule has 2 heterocycles. The van der Waals surface area contributed by atoms with Crippen molar-refractivity contribution in [1.29, 1.82) is 0 Å². The molecule has 0 amide bonds. The molecule has 0 aromatic carbocycles. The van der Waals surface area contributed by atoms with Crippen molar-refractivity contribution in [2.45, 2.75) is 58.0 Å². The van der Waals surface area contributed by atoms with E-state index in [1.165, 1.54) is 51.7 Å². The van der Waals surface area contributed by atoms with Crippen molar-refractivity contribution in [2.24, 2.45) is 4.99 Å². The van der Waals surface area contributed by atoms with E-state index in [1.54, 1.807) is 11.3 Å². The van der Waals surface area contributed by atoms with Crippen LogP contribution in [-0.4, -0.2) is 55.2 Å². The highest BCUT2D eigenvalue weighted by atomic mass is 32.1. The number of nitrogens with zero attached hydrogens (tertiary/aromatic N) is 2. The van der Waals surface area contributed by atoms with Gasteiger partial charge in [-0.25, -0.2) is 4.99 Å². The van der Waals surface area contributed by atoms with Gasteiger partial charge in [0, 0.05) is 18.0 Å². The highest BCUT2D eigenvalue weighted by Crippen LogP contribution is 2.25. The van der Waals surface area contributed by atoms with Crippen molar-refractivity contribution in [2.75, 3.05) is 39.3 Å². The summed E-state index contributed by atoms with van der Waals surface area (Å²) in [5.41, 5.74) is -0.912. The van der Waals surface area contributed by atoms with E-state index in [2.05, 4.69) is 27.4 Å². The zero-order valence-corrected chi connectivity index (χ0v) is 17.3. The number of piperidine rings is 1. The Kier molecular flexibility index (Phi) is 9.43. The zero-order chi connectivity index (χ0) is 18.7. The molecular formula is C20H36N4OS. The van der Waals surface area contributed by atoms with Gasteiger partial charge in [0.25, 0.3) is 0 Å². The van der Waals surface area contributed by atoms with E-state index in [9.17, 15) is 5.11 Å². The Balaban J connectivity index is 1.65. The predicted octanol–water partition coefficient (Wildman–Crippen LogP) is 3.17. The SMILES string of the molecule is CCNC(=NCC(C)(O)c1cccs1)NCCCCCN1CCCCC1. The first-order chi connectivity index (χ1) is 12.6. The maximum atomic E-state index is 10.6. The Morgan fingerprint density at radius 1 is 1.23 bits per heavy atom. The van der Waals surface area contributed by atoms with E-state index in [0.717, 1.165) is 30.3 Å². The van der Waals surface area contributed by atoms with E-state index in [4.69, 9.17) is 0 Å². The van der Waals surface area contributed by atoms with Crippen molar-refractivity contribution in [3.63, 3.8) is 0 Å². The minimum atomic E-state index is -0.912. The van der Waals surface area contributed by atoms with Crippen molar-refractivity contribution >= 4 is 17.3 Å². The second-order valence-corrected chi connectivity index (χ2v) is 8.28. The van der Waals surface area contributed by atoms with Crippen molar-refractivity contribution in [1.82, 2.24) is 15.5 Å². The normalized spacial score (nSPS) is 18.5. The van der Waals surface area contributed by atoms with Crippen molar-refractivity contribution in [3.05, 3.63) is 22.4 Å². The smallest absolute Gasteiger partial charge is 0.191 e. The summed E-state index contributed by atoms with van der Waals surface area (Å²) >= 11 is 1.57. The summed E-state index contributed by atoms with van der Waals surface area (Å²) in [6.45, 7) is 9.82. The van der Waals surface area contributed by atoms with E-state index in [0.29, 0.717) is 6.54 Å². The maximum Gasteiger partial charge on any atom is 0.191 e. The van der Waals surface area contributed by atoms with Gasteiger partial charge < -0.3 is 20.6 Å². The van der Waals surface area contributed by atoms with Gasteiger partial charge in [-0.3, -0.25) is 0 Å². The molecule has 5 nitrogen and oxygen atoms in total. The first-order valence-electron chi connectivity index (χ1n) is 10.1. The van der Waals surface area contributed by atoms with Crippen molar-refractivity contribution in [3.8, 4) is 0 Å². The van der Waals surface area contributed by atoms with Crippen LogP contribution in [0.25, 0.3) is 0 Å². The average molecular weight is 381 g/mol. The summed E-state index contributed by atoms with van der Waals surface area (Å²) in [6, 6.07) is 3.93. The van der Waals surface area contributed by atoms with Crippen LogP contribution < -0.4 is 10.6 Å². The fourth-order valence-electron chi connectivity index (χ4n) is 3.26. The Hall–Kier alpha value is -1.11. The minimum absolute atomic E-state index is 0.359. The van der Waals surface area contributed by atoms with Crippen molar-refractivity contribution < 1.29 is 5.11 Å². The maximum absolute atomic E-state index is 10.6. The van der Waals surface area contributed by atoms with Gasteiger partial charge in [-0.2, -0.15) is 0 Å². The van der Waals surface area contributed by atoms with Crippen LogP contribution in [0.4, 0.5) is 0 Å². The molecule has 0 aliphatic carbocycles. The molecule has 0 saturated carbocycles. The molecule has 1 aromatic heterocycles. The number of rotatable bonds is 10. The van der Waals surface area contributed by atoms with Crippen LogP contribution >= 0.6 is 11.3 Å². The lowest BCUT2D eigenvalue weighted by molar-refractivity contribution is 0.0711. The van der Waals surface area contributed by atoms with Gasteiger partial charge >= 0.3 is 0 Å². The first kappa shape index (κ1) is 21.2. The zero-order valence-electron chi connectivity index (χ0n) is 16.5. The molecule has 1 unspecified atom stereocenters. The predicted molar refractivity (Wildman–Crippen MR) is 112 cm³/mol. The second kappa shape index (κ2) is 11.6. The number of likely N-dealkylation sites (tertiary alicyclic amines) is 1. The third kappa shape index (κ3) is 7.64. The average Bonchev–Trinajstić information content (AvgIpc) is 3.19. The molecule has 3 N–H and O–H groups in total. The summed E-state index contributed by atoms with van der Waals surface area (Å²) in [6.07, 6.45) is 7.84. The molecule has 0 radical (unpaired) electrons. The molecule has 26 heavy (non-hydrogen) atoms.